The molecule has 21 heavy (non-hydrogen) atoms. The summed E-state index contributed by atoms with van der Waals surface area (Å²) >= 11 is 3.43. The minimum atomic E-state index is -3.59. The van der Waals surface area contributed by atoms with Crippen LogP contribution in [-0.2, 0) is 10.0 Å². The number of fused-ring (bicyclic) bond motifs is 1. The molecule has 0 saturated carbocycles. The van der Waals surface area contributed by atoms with Gasteiger partial charge in [0.1, 0.15) is 0 Å². The molecule has 108 valence electrons. The van der Waals surface area contributed by atoms with E-state index in [4.69, 9.17) is 0 Å². The van der Waals surface area contributed by atoms with Crippen molar-refractivity contribution in [3.05, 3.63) is 64.3 Å². The zero-order chi connectivity index (χ0) is 15.2. The molecule has 3 nitrogen and oxygen atoms in total. The Hall–Kier alpha value is -1.59. The maximum atomic E-state index is 12.8. The lowest BCUT2D eigenvalue weighted by molar-refractivity contribution is 0.589. The molecule has 1 heterocycles. The van der Waals surface area contributed by atoms with Gasteiger partial charge in [-0.25, -0.2) is 12.4 Å². The largest absolute Gasteiger partial charge is 0.268 e. The Kier molecular flexibility index (Phi) is 3.42. The van der Waals surface area contributed by atoms with Crippen molar-refractivity contribution < 1.29 is 8.42 Å². The molecule has 0 aliphatic carbocycles. The van der Waals surface area contributed by atoms with Gasteiger partial charge in [0.25, 0.3) is 10.0 Å². The van der Waals surface area contributed by atoms with Crippen LogP contribution < -0.4 is 0 Å². The Balaban J connectivity index is 2.28. The van der Waals surface area contributed by atoms with Gasteiger partial charge >= 0.3 is 0 Å². The summed E-state index contributed by atoms with van der Waals surface area (Å²) in [5.41, 5.74) is 2.74. The van der Waals surface area contributed by atoms with E-state index in [1.807, 2.05) is 32.0 Å². The number of halogens is 1. The molecule has 0 spiro atoms. The first-order valence-electron chi connectivity index (χ1n) is 6.49. The fourth-order valence-corrected chi connectivity index (χ4v) is 4.33. The maximum absolute atomic E-state index is 12.8. The molecule has 3 aromatic rings. The number of nitrogens with zero attached hydrogens (tertiary/aromatic N) is 1. The Morgan fingerprint density at radius 1 is 0.952 bits per heavy atom. The van der Waals surface area contributed by atoms with E-state index in [1.165, 1.54) is 3.97 Å². The van der Waals surface area contributed by atoms with E-state index < -0.39 is 10.0 Å². The van der Waals surface area contributed by atoms with Gasteiger partial charge in [-0.2, -0.15) is 0 Å². The van der Waals surface area contributed by atoms with E-state index in [9.17, 15) is 8.42 Å². The van der Waals surface area contributed by atoms with Crippen molar-refractivity contribution >= 4 is 36.9 Å². The van der Waals surface area contributed by atoms with Crippen LogP contribution in [-0.4, -0.2) is 12.4 Å². The average molecular weight is 364 g/mol. The first kappa shape index (κ1) is 14.4. The highest BCUT2D eigenvalue weighted by atomic mass is 79.9. The lowest BCUT2D eigenvalue weighted by atomic mass is 10.2. The number of benzene rings is 2. The molecule has 0 bridgehead atoms. The Morgan fingerprint density at radius 2 is 1.57 bits per heavy atom. The molecule has 5 heteroatoms. The summed E-state index contributed by atoms with van der Waals surface area (Å²) in [4.78, 5) is 0.291. The quantitative estimate of drug-likeness (QED) is 0.682. The first-order valence-corrected chi connectivity index (χ1v) is 8.72. The predicted octanol–water partition coefficient (Wildman–Crippen LogP) is 4.26. The number of aromatic nitrogens is 1. The number of aryl methyl sites for hydroxylation is 2. The summed E-state index contributed by atoms with van der Waals surface area (Å²) in [5.74, 6) is 0. The number of hydrogen-bond donors (Lipinski definition) is 0. The van der Waals surface area contributed by atoms with Crippen molar-refractivity contribution in [2.45, 2.75) is 18.7 Å². The second kappa shape index (κ2) is 5.00. The van der Waals surface area contributed by atoms with Gasteiger partial charge in [-0.15, -0.1) is 0 Å². The first-order chi connectivity index (χ1) is 9.89. The highest BCUT2D eigenvalue weighted by molar-refractivity contribution is 9.10. The van der Waals surface area contributed by atoms with Gasteiger partial charge in [0.05, 0.1) is 10.4 Å². The van der Waals surface area contributed by atoms with E-state index in [-0.39, 0.29) is 0 Å². The third kappa shape index (κ3) is 2.40. The standard InChI is InChI=1S/C16H14BrNO2S/c1-11-3-6-13(7-4-11)21(19,20)18-10-15(17)14-8-5-12(2)9-16(14)18/h3-10H,1-2H3. The van der Waals surface area contributed by atoms with Crippen LogP contribution in [0.5, 0.6) is 0 Å². The van der Waals surface area contributed by atoms with E-state index in [0.717, 1.165) is 21.0 Å². The van der Waals surface area contributed by atoms with Crippen molar-refractivity contribution in [1.82, 2.24) is 3.97 Å². The second-order valence-electron chi connectivity index (χ2n) is 5.11. The predicted molar refractivity (Wildman–Crippen MR) is 88.1 cm³/mol. The fourth-order valence-electron chi connectivity index (χ4n) is 2.29. The number of hydrogen-bond acceptors (Lipinski definition) is 2. The zero-order valence-corrected chi connectivity index (χ0v) is 14.1. The highest BCUT2D eigenvalue weighted by Gasteiger charge is 2.20. The molecule has 1 aromatic heterocycles. The van der Waals surface area contributed by atoms with E-state index in [1.54, 1.807) is 30.5 Å². The van der Waals surface area contributed by atoms with Crippen molar-refractivity contribution in [3.63, 3.8) is 0 Å². The lowest BCUT2D eigenvalue weighted by Gasteiger charge is -2.08. The van der Waals surface area contributed by atoms with Crippen molar-refractivity contribution in [2.24, 2.45) is 0 Å². The lowest BCUT2D eigenvalue weighted by Crippen LogP contribution is -2.11. The molecule has 0 amide bonds. The fraction of sp³-hybridized carbons (Fsp3) is 0.125. The molecule has 0 aliphatic rings. The molecule has 0 radical (unpaired) electrons. The van der Waals surface area contributed by atoms with Gasteiger partial charge in [0.2, 0.25) is 0 Å². The van der Waals surface area contributed by atoms with Crippen LogP contribution in [0.25, 0.3) is 10.9 Å². The SMILES string of the molecule is Cc1ccc(S(=O)(=O)n2cc(Br)c3ccc(C)cc32)cc1. The highest BCUT2D eigenvalue weighted by Crippen LogP contribution is 2.30. The normalized spacial score (nSPS) is 12.0. The van der Waals surface area contributed by atoms with Crippen molar-refractivity contribution in [1.29, 1.82) is 0 Å². The van der Waals surface area contributed by atoms with Crippen molar-refractivity contribution in [3.8, 4) is 0 Å². The zero-order valence-electron chi connectivity index (χ0n) is 11.7. The van der Waals surface area contributed by atoms with Gasteiger partial charge in [-0.1, -0.05) is 29.8 Å². The number of rotatable bonds is 2. The smallest absolute Gasteiger partial charge is 0.240 e. The summed E-state index contributed by atoms with van der Waals surface area (Å²) in [7, 11) is -3.59. The third-order valence-electron chi connectivity index (χ3n) is 3.46. The molecule has 2 aromatic carbocycles. The van der Waals surface area contributed by atoms with Crippen LogP contribution in [0.1, 0.15) is 11.1 Å². The van der Waals surface area contributed by atoms with Gasteiger partial charge < -0.3 is 0 Å². The molecule has 0 saturated heterocycles. The summed E-state index contributed by atoms with van der Waals surface area (Å²) in [5, 5.41) is 0.885. The maximum Gasteiger partial charge on any atom is 0.268 e. The van der Waals surface area contributed by atoms with Gasteiger partial charge in [0, 0.05) is 16.1 Å². The third-order valence-corrected chi connectivity index (χ3v) is 5.78. The summed E-state index contributed by atoms with van der Waals surface area (Å²) in [6.07, 6.45) is 1.61. The summed E-state index contributed by atoms with van der Waals surface area (Å²) < 4.78 is 27.8. The molecule has 0 aliphatic heterocycles. The molecule has 0 unspecified atom stereocenters. The van der Waals surface area contributed by atoms with Crippen LogP contribution in [0.3, 0.4) is 0 Å². The minimum absolute atomic E-state index is 0.291. The topological polar surface area (TPSA) is 39.1 Å². The monoisotopic (exact) mass is 363 g/mol. The molecule has 0 fully saturated rings. The van der Waals surface area contributed by atoms with Crippen LogP contribution in [0.2, 0.25) is 0 Å². The summed E-state index contributed by atoms with van der Waals surface area (Å²) in [6, 6.07) is 12.7. The Labute approximate surface area is 132 Å². The molecule has 0 N–H and O–H groups in total. The summed E-state index contributed by atoms with van der Waals surface area (Å²) in [6.45, 7) is 3.88. The van der Waals surface area contributed by atoms with Gasteiger partial charge in [-0.3, -0.25) is 0 Å². The minimum Gasteiger partial charge on any atom is -0.240 e. The molecule has 3 rings (SSSR count). The molecule has 0 atom stereocenters. The van der Waals surface area contributed by atoms with Gasteiger partial charge in [-0.05, 0) is 53.5 Å². The van der Waals surface area contributed by atoms with E-state index >= 15 is 0 Å². The molecular weight excluding hydrogens is 350 g/mol. The van der Waals surface area contributed by atoms with Crippen LogP contribution >= 0.6 is 15.9 Å². The Morgan fingerprint density at radius 3 is 2.24 bits per heavy atom. The Bertz CT molecular complexity index is 925. The van der Waals surface area contributed by atoms with Crippen LogP contribution in [0, 0.1) is 13.8 Å². The molecular formula is C16H14BrNO2S. The van der Waals surface area contributed by atoms with Crippen LogP contribution in [0.15, 0.2) is 58.0 Å². The van der Waals surface area contributed by atoms with Gasteiger partial charge in [0.15, 0.2) is 0 Å². The van der Waals surface area contributed by atoms with Crippen molar-refractivity contribution in [2.75, 3.05) is 0 Å². The van der Waals surface area contributed by atoms with Crippen LogP contribution in [0.4, 0.5) is 0 Å². The van der Waals surface area contributed by atoms with E-state index in [0.29, 0.717) is 10.4 Å². The average Bonchev–Trinajstić information content (AvgIpc) is 2.76. The second-order valence-corrected chi connectivity index (χ2v) is 7.78. The van der Waals surface area contributed by atoms with E-state index in [2.05, 4.69) is 15.9 Å².